The zero-order chi connectivity index (χ0) is 12.0. The van der Waals surface area contributed by atoms with Crippen LogP contribution in [0.25, 0.3) is 10.8 Å². The maximum atomic E-state index is 11.8. The zero-order valence-corrected chi connectivity index (χ0v) is 9.99. The summed E-state index contributed by atoms with van der Waals surface area (Å²) in [5.74, 6) is 0.577. The van der Waals surface area contributed by atoms with Crippen LogP contribution < -0.4 is 4.74 Å². The lowest BCUT2D eigenvalue weighted by Gasteiger charge is -2.29. The number of fused-ring (bicyclic) bond motifs is 3. The van der Waals surface area contributed by atoms with Gasteiger partial charge in [-0.3, -0.25) is 4.79 Å². The largest absolute Gasteiger partial charge is 0.426 e. The summed E-state index contributed by atoms with van der Waals surface area (Å²) < 4.78 is 5.42. The summed E-state index contributed by atoms with van der Waals surface area (Å²) in [5.41, 5.74) is 0.713. The smallest absolute Gasteiger partial charge is 0.317 e. The van der Waals surface area contributed by atoms with Gasteiger partial charge in [-0.1, -0.05) is 30.3 Å². The highest BCUT2D eigenvalue weighted by atomic mass is 16.5. The van der Waals surface area contributed by atoms with Gasteiger partial charge in [0, 0.05) is 5.56 Å². The third-order valence-electron chi connectivity index (χ3n) is 3.37. The first-order chi connectivity index (χ1) is 8.08. The standard InChI is InChI=1S/C15H14O2/c1-15(2)9-12-11-6-4-3-5-10(11)7-8-13(12)17-14(15)16/h3-8H,9H2,1-2H3. The number of ether oxygens (including phenoxy) is 1. The fourth-order valence-electron chi connectivity index (χ4n) is 2.35. The fraction of sp³-hybridized carbons (Fsp3) is 0.267. The lowest BCUT2D eigenvalue weighted by Crippen LogP contribution is -2.35. The van der Waals surface area contributed by atoms with Gasteiger partial charge in [0.15, 0.2) is 0 Å². The Morgan fingerprint density at radius 1 is 1.12 bits per heavy atom. The van der Waals surface area contributed by atoms with Gasteiger partial charge < -0.3 is 4.74 Å². The Morgan fingerprint density at radius 2 is 1.88 bits per heavy atom. The highest BCUT2D eigenvalue weighted by Gasteiger charge is 2.36. The molecule has 0 saturated carbocycles. The molecule has 17 heavy (non-hydrogen) atoms. The average molecular weight is 226 g/mol. The minimum atomic E-state index is -0.433. The summed E-state index contributed by atoms with van der Waals surface area (Å²) in [7, 11) is 0. The predicted molar refractivity (Wildman–Crippen MR) is 67.1 cm³/mol. The molecule has 0 spiro atoms. The topological polar surface area (TPSA) is 26.3 Å². The molecule has 2 nitrogen and oxygen atoms in total. The second kappa shape index (κ2) is 3.33. The van der Waals surface area contributed by atoms with Crippen LogP contribution >= 0.6 is 0 Å². The normalized spacial score (nSPS) is 17.6. The number of carbonyl (C=O) groups is 1. The van der Waals surface area contributed by atoms with E-state index in [9.17, 15) is 4.79 Å². The fourth-order valence-corrected chi connectivity index (χ4v) is 2.35. The number of rotatable bonds is 0. The second-order valence-electron chi connectivity index (χ2n) is 5.21. The number of carbonyl (C=O) groups excluding carboxylic acids is 1. The molecule has 1 heterocycles. The van der Waals surface area contributed by atoms with Gasteiger partial charge >= 0.3 is 5.97 Å². The molecule has 0 fully saturated rings. The molecule has 3 rings (SSSR count). The van der Waals surface area contributed by atoms with Crippen LogP contribution in [0.15, 0.2) is 36.4 Å². The van der Waals surface area contributed by atoms with Gasteiger partial charge in [0.05, 0.1) is 5.41 Å². The quantitative estimate of drug-likeness (QED) is 0.508. The Labute approximate surface area is 100 Å². The Morgan fingerprint density at radius 3 is 2.71 bits per heavy atom. The van der Waals surface area contributed by atoms with Crippen LogP contribution in [0.1, 0.15) is 19.4 Å². The van der Waals surface area contributed by atoms with Crippen LogP contribution in [0.2, 0.25) is 0 Å². The van der Waals surface area contributed by atoms with Crippen LogP contribution in [-0.4, -0.2) is 5.97 Å². The van der Waals surface area contributed by atoms with Crippen LogP contribution in [-0.2, 0) is 11.2 Å². The molecule has 0 saturated heterocycles. The van der Waals surface area contributed by atoms with E-state index in [1.807, 2.05) is 38.1 Å². The Balaban J connectivity index is 2.27. The lowest BCUT2D eigenvalue weighted by molar-refractivity contribution is -0.145. The molecule has 2 heteroatoms. The average Bonchev–Trinajstić information content (AvgIpc) is 2.31. The van der Waals surface area contributed by atoms with Gasteiger partial charge in [0.1, 0.15) is 5.75 Å². The van der Waals surface area contributed by atoms with E-state index in [2.05, 4.69) is 12.1 Å². The molecule has 0 N–H and O–H groups in total. The van der Waals surface area contributed by atoms with Crippen molar-refractivity contribution in [3.63, 3.8) is 0 Å². The molecule has 0 amide bonds. The third-order valence-corrected chi connectivity index (χ3v) is 3.37. The van der Waals surface area contributed by atoms with Crippen LogP contribution in [0.5, 0.6) is 5.75 Å². The maximum absolute atomic E-state index is 11.8. The van der Waals surface area contributed by atoms with E-state index in [0.29, 0.717) is 5.75 Å². The van der Waals surface area contributed by atoms with E-state index in [1.165, 1.54) is 10.8 Å². The van der Waals surface area contributed by atoms with E-state index in [-0.39, 0.29) is 5.97 Å². The summed E-state index contributed by atoms with van der Waals surface area (Å²) in [6.07, 6.45) is 0.739. The molecule has 0 aromatic heterocycles. The van der Waals surface area contributed by atoms with Crippen molar-refractivity contribution >= 4 is 16.7 Å². The molecule has 1 aliphatic rings. The van der Waals surface area contributed by atoms with Crippen molar-refractivity contribution < 1.29 is 9.53 Å². The molecule has 0 unspecified atom stereocenters. The molecular formula is C15H14O2. The molecule has 0 aliphatic carbocycles. The molecule has 1 aliphatic heterocycles. The van der Waals surface area contributed by atoms with Crippen LogP contribution in [0, 0.1) is 5.41 Å². The highest BCUT2D eigenvalue weighted by molar-refractivity contribution is 5.91. The number of hydrogen-bond acceptors (Lipinski definition) is 2. The molecule has 0 radical (unpaired) electrons. The van der Waals surface area contributed by atoms with Crippen LogP contribution in [0.3, 0.4) is 0 Å². The Bertz CT molecular complexity index is 611. The maximum Gasteiger partial charge on any atom is 0.317 e. The van der Waals surface area contributed by atoms with Gasteiger partial charge in [0.25, 0.3) is 0 Å². The molecule has 2 aromatic carbocycles. The van der Waals surface area contributed by atoms with Crippen molar-refractivity contribution in [2.24, 2.45) is 5.41 Å². The van der Waals surface area contributed by atoms with Crippen molar-refractivity contribution in [1.82, 2.24) is 0 Å². The van der Waals surface area contributed by atoms with E-state index in [1.54, 1.807) is 0 Å². The second-order valence-corrected chi connectivity index (χ2v) is 5.21. The van der Waals surface area contributed by atoms with Crippen molar-refractivity contribution in [1.29, 1.82) is 0 Å². The predicted octanol–water partition coefficient (Wildman–Crippen LogP) is 3.33. The molecule has 0 atom stereocenters. The lowest BCUT2D eigenvalue weighted by atomic mass is 9.82. The van der Waals surface area contributed by atoms with Crippen molar-refractivity contribution in [3.8, 4) is 5.75 Å². The summed E-state index contributed by atoms with van der Waals surface area (Å²) in [6.45, 7) is 3.86. The highest BCUT2D eigenvalue weighted by Crippen LogP contribution is 2.38. The molecule has 2 aromatic rings. The van der Waals surface area contributed by atoms with Crippen molar-refractivity contribution in [2.75, 3.05) is 0 Å². The van der Waals surface area contributed by atoms with Gasteiger partial charge in [-0.25, -0.2) is 0 Å². The number of hydrogen-bond donors (Lipinski definition) is 0. The van der Waals surface area contributed by atoms with Crippen LogP contribution in [0.4, 0.5) is 0 Å². The van der Waals surface area contributed by atoms with E-state index in [0.717, 1.165) is 12.0 Å². The van der Waals surface area contributed by atoms with E-state index >= 15 is 0 Å². The first kappa shape index (κ1) is 10.3. The summed E-state index contributed by atoms with van der Waals surface area (Å²) in [5, 5.41) is 2.38. The summed E-state index contributed by atoms with van der Waals surface area (Å²) in [4.78, 5) is 11.8. The Kier molecular flexibility index (Phi) is 2.02. The SMILES string of the molecule is CC1(C)Cc2c(ccc3ccccc23)OC1=O. The first-order valence-corrected chi connectivity index (χ1v) is 5.81. The monoisotopic (exact) mass is 226 g/mol. The number of benzene rings is 2. The summed E-state index contributed by atoms with van der Waals surface area (Å²) >= 11 is 0. The number of esters is 1. The molecule has 0 bridgehead atoms. The zero-order valence-electron chi connectivity index (χ0n) is 9.99. The van der Waals surface area contributed by atoms with Gasteiger partial charge in [-0.15, -0.1) is 0 Å². The van der Waals surface area contributed by atoms with Gasteiger partial charge in [0.2, 0.25) is 0 Å². The molecular weight excluding hydrogens is 212 g/mol. The van der Waals surface area contributed by atoms with Crippen molar-refractivity contribution in [2.45, 2.75) is 20.3 Å². The van der Waals surface area contributed by atoms with Gasteiger partial charge in [-0.05, 0) is 37.1 Å². The minimum Gasteiger partial charge on any atom is -0.426 e. The van der Waals surface area contributed by atoms with E-state index < -0.39 is 5.41 Å². The third kappa shape index (κ3) is 1.52. The van der Waals surface area contributed by atoms with E-state index in [4.69, 9.17) is 4.74 Å². The minimum absolute atomic E-state index is 0.139. The van der Waals surface area contributed by atoms with Crippen molar-refractivity contribution in [3.05, 3.63) is 42.0 Å². The van der Waals surface area contributed by atoms with Gasteiger partial charge in [-0.2, -0.15) is 0 Å². The first-order valence-electron chi connectivity index (χ1n) is 5.81. The Hall–Kier alpha value is -1.83. The molecule has 86 valence electrons. The summed E-state index contributed by atoms with van der Waals surface area (Å²) in [6, 6.07) is 12.1.